The predicted molar refractivity (Wildman–Crippen MR) is 257 cm³/mol. The minimum absolute atomic E-state index is 0.576. The van der Waals surface area contributed by atoms with Gasteiger partial charge in [0.05, 0.1) is 16.6 Å². The molecular weight excluding hydrogens is 787 g/mol. The Bertz CT molecular complexity index is 3710. The lowest BCUT2D eigenvalue weighted by Crippen LogP contribution is -2.03. The van der Waals surface area contributed by atoms with E-state index in [1.54, 1.807) is 0 Å². The molecule has 0 bridgehead atoms. The van der Waals surface area contributed by atoms with Gasteiger partial charge in [-0.05, 0) is 71.8 Å². The first-order chi connectivity index (χ1) is 31.7. The van der Waals surface area contributed by atoms with Crippen LogP contribution in [0, 0.1) is 0 Å². The number of para-hydroxylation sites is 3. The van der Waals surface area contributed by atoms with Gasteiger partial charge < -0.3 is 18.6 Å². The summed E-state index contributed by atoms with van der Waals surface area (Å²) < 4.78 is 18.2. The number of hydrogen-bond donors (Lipinski definition) is 0. The molecule has 0 N–H and O–H groups in total. The van der Waals surface area contributed by atoms with Gasteiger partial charge in [-0.15, -0.1) is 0 Å². The zero-order valence-corrected chi connectivity index (χ0v) is 34.3. The second-order valence-corrected chi connectivity index (χ2v) is 16.0. The van der Waals surface area contributed by atoms with Crippen LogP contribution in [0.15, 0.2) is 212 Å². The Morgan fingerprint density at radius 1 is 0.312 bits per heavy atom. The first-order valence-corrected chi connectivity index (χ1v) is 21.4. The highest BCUT2D eigenvalue weighted by Gasteiger charge is 2.28. The van der Waals surface area contributed by atoms with Crippen LogP contribution in [0.3, 0.4) is 0 Å². The number of benzene rings is 9. The van der Waals surface area contributed by atoms with E-state index in [2.05, 4.69) is 130 Å². The normalized spacial score (nSPS) is 12.0. The highest BCUT2D eigenvalue weighted by Crippen LogP contribution is 2.52. The first-order valence-electron chi connectivity index (χ1n) is 21.4. The monoisotopic (exact) mass is 821 g/mol. The van der Waals surface area contributed by atoms with Crippen molar-refractivity contribution >= 4 is 43.6 Å². The first kappa shape index (κ1) is 35.9. The predicted octanol–water partition coefficient (Wildman–Crippen LogP) is 14.6. The molecule has 0 fully saturated rings. The molecule has 0 amide bonds. The molecule has 3 aromatic heterocycles. The van der Waals surface area contributed by atoms with E-state index in [0.29, 0.717) is 40.5 Å². The molecule has 0 atom stereocenters. The van der Waals surface area contributed by atoms with Crippen LogP contribution < -0.4 is 9.47 Å². The minimum atomic E-state index is 0.576. The second-order valence-electron chi connectivity index (χ2n) is 16.0. The lowest BCUT2D eigenvalue weighted by molar-refractivity contribution is 0.362. The van der Waals surface area contributed by atoms with Crippen LogP contribution in [-0.4, -0.2) is 24.1 Å². The van der Waals surface area contributed by atoms with Crippen molar-refractivity contribution in [3.63, 3.8) is 0 Å². The van der Waals surface area contributed by atoms with Crippen molar-refractivity contribution in [1.29, 1.82) is 0 Å². The quantitative estimate of drug-likeness (QED) is 0.167. The average molecular weight is 822 g/mol. The van der Waals surface area contributed by atoms with Crippen molar-refractivity contribution in [3.05, 3.63) is 212 Å². The summed E-state index contributed by atoms with van der Waals surface area (Å²) in [6.45, 7) is 0. The number of nitrogens with zero attached hydrogens (tertiary/aromatic N) is 5. The molecule has 4 heterocycles. The van der Waals surface area contributed by atoms with Gasteiger partial charge in [0.1, 0.15) is 5.52 Å². The van der Waals surface area contributed by atoms with Crippen molar-refractivity contribution in [3.8, 4) is 79.7 Å². The summed E-state index contributed by atoms with van der Waals surface area (Å²) in [4.78, 5) is 15.2. The molecule has 1 aliphatic rings. The smallest absolute Gasteiger partial charge is 0.194 e. The minimum Gasteiger partial charge on any atom is -0.449 e. The van der Waals surface area contributed by atoms with Crippen LogP contribution >= 0.6 is 0 Å². The molecule has 0 radical (unpaired) electrons. The molecule has 12 aromatic rings. The van der Waals surface area contributed by atoms with E-state index in [0.717, 1.165) is 66.3 Å². The van der Waals surface area contributed by atoms with Crippen LogP contribution in [0.4, 0.5) is 0 Å². The maximum Gasteiger partial charge on any atom is 0.194 e. The number of aromatic nitrogens is 5. The van der Waals surface area contributed by atoms with Gasteiger partial charge in [-0.1, -0.05) is 152 Å². The van der Waals surface area contributed by atoms with Gasteiger partial charge in [0.15, 0.2) is 40.5 Å². The summed E-state index contributed by atoms with van der Waals surface area (Å²) in [5.41, 5.74) is 11.2. The second kappa shape index (κ2) is 14.4. The molecule has 7 nitrogen and oxygen atoms in total. The van der Waals surface area contributed by atoms with E-state index in [9.17, 15) is 0 Å². The summed E-state index contributed by atoms with van der Waals surface area (Å²) in [5, 5.41) is 4.48. The van der Waals surface area contributed by atoms with Crippen LogP contribution in [0.2, 0.25) is 0 Å². The SMILES string of the molecule is c1ccc(-c2ccc(-n3c4ccccc4c4ccc5c(c6ccc7c(c6n5-c5cccc(-c6nc(-c8ccccc8)nc(-c8ccccc8)n6)c5)Oc5ccccc5O7)c43)cc2)cc1. The van der Waals surface area contributed by atoms with Crippen LogP contribution in [0.25, 0.3) is 100 Å². The van der Waals surface area contributed by atoms with E-state index in [1.807, 2.05) is 91.0 Å². The fourth-order valence-corrected chi connectivity index (χ4v) is 9.31. The molecular formula is C57H35N5O2. The molecule has 300 valence electrons. The molecule has 0 unspecified atom stereocenters. The van der Waals surface area contributed by atoms with Gasteiger partial charge >= 0.3 is 0 Å². The van der Waals surface area contributed by atoms with Gasteiger partial charge in [0.2, 0.25) is 0 Å². The molecule has 9 aromatic carbocycles. The molecule has 0 aliphatic carbocycles. The van der Waals surface area contributed by atoms with Crippen molar-refractivity contribution in [1.82, 2.24) is 24.1 Å². The van der Waals surface area contributed by atoms with Crippen LogP contribution in [0.5, 0.6) is 23.0 Å². The Morgan fingerprint density at radius 3 is 1.56 bits per heavy atom. The van der Waals surface area contributed by atoms with E-state index in [4.69, 9.17) is 24.4 Å². The fourth-order valence-electron chi connectivity index (χ4n) is 9.31. The summed E-state index contributed by atoms with van der Waals surface area (Å²) in [6, 6.07) is 73.2. The summed E-state index contributed by atoms with van der Waals surface area (Å²) in [5.74, 6) is 4.44. The van der Waals surface area contributed by atoms with E-state index >= 15 is 0 Å². The van der Waals surface area contributed by atoms with Crippen molar-refractivity contribution in [2.75, 3.05) is 0 Å². The highest BCUT2D eigenvalue weighted by atomic mass is 16.6. The largest absolute Gasteiger partial charge is 0.449 e. The van der Waals surface area contributed by atoms with Crippen molar-refractivity contribution in [2.45, 2.75) is 0 Å². The Balaban J connectivity index is 1.08. The fraction of sp³-hybridized carbons (Fsp3) is 0. The van der Waals surface area contributed by atoms with E-state index < -0.39 is 0 Å². The van der Waals surface area contributed by atoms with Gasteiger partial charge in [-0.25, -0.2) is 15.0 Å². The molecule has 1 aliphatic heterocycles. The lowest BCUT2D eigenvalue weighted by Gasteiger charge is -2.22. The maximum absolute atomic E-state index is 6.88. The molecule has 0 saturated carbocycles. The van der Waals surface area contributed by atoms with Crippen LogP contribution in [0.1, 0.15) is 0 Å². The van der Waals surface area contributed by atoms with Gasteiger partial charge in [0, 0.05) is 49.6 Å². The zero-order chi connectivity index (χ0) is 42.1. The summed E-state index contributed by atoms with van der Waals surface area (Å²) in [7, 11) is 0. The summed E-state index contributed by atoms with van der Waals surface area (Å²) in [6.07, 6.45) is 0. The Kier molecular flexibility index (Phi) is 8.08. The average Bonchev–Trinajstić information content (AvgIpc) is 3.90. The molecule has 7 heteroatoms. The van der Waals surface area contributed by atoms with Gasteiger partial charge in [-0.2, -0.15) is 0 Å². The number of ether oxygens (including phenoxy) is 2. The third-order valence-corrected chi connectivity index (χ3v) is 12.2. The van der Waals surface area contributed by atoms with Crippen molar-refractivity contribution < 1.29 is 9.47 Å². The van der Waals surface area contributed by atoms with E-state index in [1.165, 1.54) is 16.5 Å². The van der Waals surface area contributed by atoms with Gasteiger partial charge in [0.25, 0.3) is 0 Å². The maximum atomic E-state index is 6.88. The van der Waals surface area contributed by atoms with Crippen LogP contribution in [-0.2, 0) is 0 Å². The summed E-state index contributed by atoms with van der Waals surface area (Å²) >= 11 is 0. The molecule has 64 heavy (non-hydrogen) atoms. The third-order valence-electron chi connectivity index (χ3n) is 12.2. The zero-order valence-electron chi connectivity index (χ0n) is 34.3. The Morgan fingerprint density at radius 2 is 0.859 bits per heavy atom. The lowest BCUT2D eigenvalue weighted by atomic mass is 10.1. The molecule has 0 spiro atoms. The number of rotatable bonds is 6. The topological polar surface area (TPSA) is 67.0 Å². The standard InChI is InChI=1S/C57H35N5O2/c1-4-15-36(16-5-1)37-27-29-41(30-28-37)61-46-24-11-10-23-43(46)44-31-33-47-51(52(44)61)45-32-34-50-54(64-49-26-13-12-25-48(49)63-50)53(45)62(47)42-22-14-21-40(35-42)57-59-55(38-17-6-2-7-18-38)58-56(60-57)39-19-8-3-9-20-39/h1-35H. The number of hydrogen-bond acceptors (Lipinski definition) is 5. The van der Waals surface area contributed by atoms with Gasteiger partial charge in [-0.3, -0.25) is 0 Å². The highest BCUT2D eigenvalue weighted by molar-refractivity contribution is 6.27. The van der Waals surface area contributed by atoms with Crippen molar-refractivity contribution in [2.24, 2.45) is 0 Å². The third kappa shape index (κ3) is 5.72. The number of fused-ring (bicyclic) bond motifs is 10. The Labute approximate surface area is 367 Å². The molecule has 0 saturated heterocycles. The molecule has 13 rings (SSSR count). The van der Waals surface area contributed by atoms with E-state index in [-0.39, 0.29) is 0 Å². The Hall–Kier alpha value is -8.81.